The van der Waals surface area contributed by atoms with Gasteiger partial charge >= 0.3 is 0 Å². The zero-order valence-corrected chi connectivity index (χ0v) is 15.9. The standard InChI is InChI=1S/C19H28N2O4S/c1-26(24,25)21-16-7-15(2-3-17(16)22)18(23)11-20-19-8-12-4-13(9-19)6-14(5-12)10-19/h2-3,7,12-14,18,20-23H,4-6,8-11H2,1H3. The van der Waals surface area contributed by atoms with Gasteiger partial charge in [-0.1, -0.05) is 6.07 Å². The number of phenols is 1. The van der Waals surface area contributed by atoms with E-state index < -0.39 is 16.1 Å². The van der Waals surface area contributed by atoms with Crippen molar-refractivity contribution in [1.82, 2.24) is 5.32 Å². The predicted octanol–water partition coefficient (Wildman–Crippen LogP) is 2.36. The zero-order valence-electron chi connectivity index (χ0n) is 15.1. The van der Waals surface area contributed by atoms with Gasteiger partial charge in [-0.25, -0.2) is 8.42 Å². The van der Waals surface area contributed by atoms with Crippen LogP contribution in [0, 0.1) is 17.8 Å². The van der Waals surface area contributed by atoms with Crippen molar-refractivity contribution < 1.29 is 18.6 Å². The molecule has 0 amide bonds. The summed E-state index contributed by atoms with van der Waals surface area (Å²) in [4.78, 5) is 0. The van der Waals surface area contributed by atoms with E-state index in [2.05, 4.69) is 10.0 Å². The predicted molar refractivity (Wildman–Crippen MR) is 100 cm³/mol. The summed E-state index contributed by atoms with van der Waals surface area (Å²) in [6.07, 6.45) is 8.05. The van der Waals surface area contributed by atoms with E-state index in [4.69, 9.17) is 0 Å². The van der Waals surface area contributed by atoms with E-state index in [1.54, 1.807) is 6.07 Å². The van der Waals surface area contributed by atoms with Crippen molar-refractivity contribution in [3.63, 3.8) is 0 Å². The minimum absolute atomic E-state index is 0.0962. The lowest BCUT2D eigenvalue weighted by molar-refractivity contribution is -0.0248. The summed E-state index contributed by atoms with van der Waals surface area (Å²) in [5.41, 5.74) is 0.852. The Balaban J connectivity index is 1.44. The molecule has 4 fully saturated rings. The third kappa shape index (κ3) is 3.70. The Bertz CT molecular complexity index is 757. The van der Waals surface area contributed by atoms with Crippen molar-refractivity contribution in [1.29, 1.82) is 0 Å². The molecule has 1 aromatic rings. The molecule has 7 heteroatoms. The number of rotatable bonds is 6. The molecule has 0 saturated heterocycles. The van der Waals surface area contributed by atoms with E-state index in [-0.39, 0.29) is 17.0 Å². The molecule has 0 aromatic heterocycles. The number of benzene rings is 1. The second kappa shape index (κ2) is 6.39. The molecule has 6 nitrogen and oxygen atoms in total. The van der Waals surface area contributed by atoms with Crippen LogP contribution in [0.5, 0.6) is 5.75 Å². The maximum absolute atomic E-state index is 11.4. The second-order valence-corrected chi connectivity index (χ2v) is 10.5. The van der Waals surface area contributed by atoms with E-state index in [0.29, 0.717) is 12.1 Å². The second-order valence-electron chi connectivity index (χ2n) is 8.75. The number of phenolic OH excluding ortho intramolecular Hbond substituents is 1. The average Bonchev–Trinajstić information content (AvgIpc) is 2.52. The molecule has 4 bridgehead atoms. The Morgan fingerprint density at radius 1 is 1.15 bits per heavy atom. The number of nitrogens with one attached hydrogen (secondary N) is 2. The smallest absolute Gasteiger partial charge is 0.229 e. The van der Waals surface area contributed by atoms with Crippen molar-refractivity contribution in [2.24, 2.45) is 17.8 Å². The van der Waals surface area contributed by atoms with Gasteiger partial charge in [0.2, 0.25) is 10.0 Å². The average molecular weight is 381 g/mol. The fraction of sp³-hybridized carbons (Fsp3) is 0.684. The fourth-order valence-electron chi connectivity index (χ4n) is 5.80. The first-order valence-corrected chi connectivity index (χ1v) is 11.3. The molecule has 5 rings (SSSR count). The number of aliphatic hydroxyl groups is 1. The monoisotopic (exact) mass is 380 g/mol. The number of aromatic hydroxyl groups is 1. The summed E-state index contributed by atoms with van der Waals surface area (Å²) in [7, 11) is -3.49. The molecule has 4 saturated carbocycles. The largest absolute Gasteiger partial charge is 0.506 e. The Hall–Kier alpha value is -1.31. The summed E-state index contributed by atoms with van der Waals surface area (Å²) in [5, 5.41) is 24.1. The Morgan fingerprint density at radius 2 is 1.73 bits per heavy atom. The van der Waals surface area contributed by atoms with Crippen LogP contribution in [0.4, 0.5) is 5.69 Å². The van der Waals surface area contributed by atoms with E-state index in [0.717, 1.165) is 24.0 Å². The summed E-state index contributed by atoms with van der Waals surface area (Å²) in [6, 6.07) is 4.55. The summed E-state index contributed by atoms with van der Waals surface area (Å²) in [5.74, 6) is 2.36. The molecule has 4 aliphatic carbocycles. The van der Waals surface area contributed by atoms with Crippen molar-refractivity contribution in [2.45, 2.75) is 50.2 Å². The van der Waals surface area contributed by atoms with Gasteiger partial charge in [0.1, 0.15) is 5.75 Å². The van der Waals surface area contributed by atoms with E-state index in [1.165, 1.54) is 50.7 Å². The van der Waals surface area contributed by atoms with Crippen molar-refractivity contribution in [3.8, 4) is 5.75 Å². The number of sulfonamides is 1. The van der Waals surface area contributed by atoms with Crippen LogP contribution in [0.1, 0.15) is 50.2 Å². The third-order valence-corrected chi connectivity index (χ3v) is 7.00. The maximum Gasteiger partial charge on any atom is 0.229 e. The first kappa shape index (κ1) is 18.1. The quantitative estimate of drug-likeness (QED) is 0.568. The van der Waals surface area contributed by atoms with Gasteiger partial charge in [0.15, 0.2) is 0 Å². The van der Waals surface area contributed by atoms with Gasteiger partial charge in [-0.2, -0.15) is 0 Å². The minimum Gasteiger partial charge on any atom is -0.506 e. The van der Waals surface area contributed by atoms with Gasteiger partial charge in [0.05, 0.1) is 18.0 Å². The highest BCUT2D eigenvalue weighted by atomic mass is 32.2. The molecule has 0 radical (unpaired) electrons. The first-order chi connectivity index (χ1) is 12.2. The molecular formula is C19H28N2O4S. The lowest BCUT2D eigenvalue weighted by atomic mass is 9.53. The summed E-state index contributed by atoms with van der Waals surface area (Å²) in [6.45, 7) is 0.440. The van der Waals surface area contributed by atoms with E-state index in [1.807, 2.05) is 0 Å². The molecule has 26 heavy (non-hydrogen) atoms. The minimum atomic E-state index is -3.49. The van der Waals surface area contributed by atoms with Crippen molar-refractivity contribution in [3.05, 3.63) is 23.8 Å². The van der Waals surface area contributed by atoms with Gasteiger partial charge in [-0.3, -0.25) is 4.72 Å². The normalized spacial score (nSPS) is 34.0. The highest BCUT2D eigenvalue weighted by molar-refractivity contribution is 7.92. The molecule has 4 N–H and O–H groups in total. The van der Waals surface area contributed by atoms with Crippen LogP contribution in [0.25, 0.3) is 0 Å². The maximum atomic E-state index is 11.4. The van der Waals surface area contributed by atoms with Gasteiger partial charge in [-0.05, 0) is 74.0 Å². The van der Waals surface area contributed by atoms with Crippen LogP contribution in [-0.2, 0) is 10.0 Å². The van der Waals surface area contributed by atoms with Crippen LogP contribution in [0.15, 0.2) is 18.2 Å². The molecule has 1 atom stereocenters. The van der Waals surface area contributed by atoms with Gasteiger partial charge in [0.25, 0.3) is 0 Å². The molecule has 1 aromatic carbocycles. The first-order valence-electron chi connectivity index (χ1n) is 9.45. The third-order valence-electron chi connectivity index (χ3n) is 6.41. The van der Waals surface area contributed by atoms with Crippen LogP contribution in [0.2, 0.25) is 0 Å². The van der Waals surface area contributed by atoms with Gasteiger partial charge in [0, 0.05) is 12.1 Å². The molecule has 0 spiro atoms. The fourth-order valence-corrected chi connectivity index (χ4v) is 6.36. The van der Waals surface area contributed by atoms with Crippen molar-refractivity contribution >= 4 is 15.7 Å². The topological polar surface area (TPSA) is 98.7 Å². The number of aliphatic hydroxyl groups excluding tert-OH is 1. The van der Waals surface area contributed by atoms with E-state index in [9.17, 15) is 18.6 Å². The SMILES string of the molecule is CS(=O)(=O)Nc1cc(C(O)CNC23CC4CC(CC(C4)C2)C3)ccc1O. The van der Waals surface area contributed by atoms with Crippen LogP contribution < -0.4 is 10.0 Å². The van der Waals surface area contributed by atoms with Crippen LogP contribution in [-0.4, -0.2) is 37.0 Å². The van der Waals surface area contributed by atoms with Crippen molar-refractivity contribution in [2.75, 3.05) is 17.5 Å². The molecule has 4 aliphatic rings. The lowest BCUT2D eigenvalue weighted by Crippen LogP contribution is -2.59. The molecule has 0 heterocycles. The van der Waals surface area contributed by atoms with Gasteiger partial charge in [-0.15, -0.1) is 0 Å². The summed E-state index contributed by atoms with van der Waals surface area (Å²) >= 11 is 0. The number of hydrogen-bond donors (Lipinski definition) is 4. The number of β-amino-alcohol motifs (C(OH)–C–C–N with tert-alkyl or cyclic N) is 1. The molecule has 1 unspecified atom stereocenters. The summed E-state index contributed by atoms with van der Waals surface area (Å²) < 4.78 is 25.1. The number of hydrogen-bond acceptors (Lipinski definition) is 5. The van der Waals surface area contributed by atoms with Crippen LogP contribution in [0.3, 0.4) is 0 Å². The van der Waals surface area contributed by atoms with E-state index >= 15 is 0 Å². The molecule has 0 aliphatic heterocycles. The highest BCUT2D eigenvalue weighted by Gasteiger charge is 2.50. The Labute approximate surface area is 155 Å². The Morgan fingerprint density at radius 3 is 2.27 bits per heavy atom. The zero-order chi connectivity index (χ0) is 18.5. The Kier molecular flexibility index (Phi) is 4.44. The van der Waals surface area contributed by atoms with Crippen LogP contribution >= 0.6 is 0 Å². The molecular weight excluding hydrogens is 352 g/mol. The lowest BCUT2D eigenvalue weighted by Gasteiger charge is -2.57. The van der Waals surface area contributed by atoms with Gasteiger partial charge < -0.3 is 15.5 Å². The number of anilines is 1. The molecule has 144 valence electrons. The highest BCUT2D eigenvalue weighted by Crippen LogP contribution is 2.55.